The van der Waals surface area contributed by atoms with E-state index in [4.69, 9.17) is 4.74 Å². The molecule has 2 saturated carbocycles. The van der Waals surface area contributed by atoms with Crippen molar-refractivity contribution >= 4 is 11.9 Å². The molecule has 1 aromatic rings. The SMILES string of the molecule is CC12CCC(OC(=O)C(F)(F)C(F)(F)C(F)(F)F)=CC1=CCC1C2CCC2(C)C(OC(=O)c3c(F)c(F)c(F)c(F)c3F)CCC12. The summed E-state index contributed by atoms with van der Waals surface area (Å²) in [5.41, 5.74) is -2.57. The standard InChI is InChI=1S/C30H26F12O4/c1-26-9-7-13(45-25(44)28(36,37)29(38,39)30(40,41)42)11-12(26)3-4-14-15-5-6-17(27(15,2)10-8-16(14)26)46-24(43)18-19(31)21(33)23(35)22(34)20(18)32/h3,11,14-17H,4-10H2,1-2H3. The maximum Gasteiger partial charge on any atom is 0.460 e. The highest BCUT2D eigenvalue weighted by atomic mass is 19.4. The molecule has 0 radical (unpaired) electrons. The number of halogens is 12. The van der Waals surface area contributed by atoms with Crippen LogP contribution in [0.2, 0.25) is 0 Å². The Bertz CT molecular complexity index is 1500. The average Bonchev–Trinajstić information content (AvgIpc) is 3.30. The molecule has 0 spiro atoms. The van der Waals surface area contributed by atoms with Crippen LogP contribution in [0.4, 0.5) is 52.7 Å². The van der Waals surface area contributed by atoms with E-state index in [1.165, 1.54) is 6.08 Å². The van der Waals surface area contributed by atoms with Crippen molar-refractivity contribution in [1.82, 2.24) is 0 Å². The first-order valence-electron chi connectivity index (χ1n) is 14.3. The van der Waals surface area contributed by atoms with Crippen LogP contribution in [0.3, 0.4) is 0 Å². The van der Waals surface area contributed by atoms with Gasteiger partial charge in [0.1, 0.15) is 17.4 Å². The van der Waals surface area contributed by atoms with Crippen molar-refractivity contribution in [2.75, 3.05) is 0 Å². The summed E-state index contributed by atoms with van der Waals surface area (Å²) in [6.45, 7) is 3.66. The maximum atomic E-state index is 14.3. The van der Waals surface area contributed by atoms with Crippen molar-refractivity contribution in [3.05, 3.63) is 58.1 Å². The molecule has 2 fully saturated rings. The average molecular weight is 679 g/mol. The first kappa shape index (κ1) is 34.1. The van der Waals surface area contributed by atoms with E-state index in [1.54, 1.807) is 13.0 Å². The Balaban J connectivity index is 1.33. The lowest BCUT2D eigenvalue weighted by Gasteiger charge is -2.56. The Morgan fingerprint density at radius 3 is 1.98 bits per heavy atom. The molecule has 254 valence electrons. The number of fused-ring (bicyclic) bond motifs is 5. The van der Waals surface area contributed by atoms with E-state index in [2.05, 4.69) is 4.74 Å². The minimum atomic E-state index is -6.70. The molecule has 16 heteroatoms. The highest BCUT2D eigenvalue weighted by molar-refractivity contribution is 5.90. The number of carbonyl (C=O) groups excluding carboxylic acids is 2. The zero-order valence-corrected chi connectivity index (χ0v) is 24.1. The van der Waals surface area contributed by atoms with Crippen LogP contribution < -0.4 is 0 Å². The van der Waals surface area contributed by atoms with Crippen molar-refractivity contribution < 1.29 is 71.7 Å². The van der Waals surface area contributed by atoms with E-state index in [-0.39, 0.29) is 37.0 Å². The zero-order chi connectivity index (χ0) is 34.4. The van der Waals surface area contributed by atoms with E-state index >= 15 is 0 Å². The van der Waals surface area contributed by atoms with Crippen LogP contribution in [0.25, 0.3) is 0 Å². The van der Waals surface area contributed by atoms with Crippen LogP contribution in [-0.2, 0) is 14.3 Å². The lowest BCUT2D eigenvalue weighted by Crippen LogP contribution is -2.56. The zero-order valence-electron chi connectivity index (χ0n) is 24.1. The van der Waals surface area contributed by atoms with Gasteiger partial charge in [-0.2, -0.15) is 30.7 Å². The van der Waals surface area contributed by atoms with Crippen LogP contribution in [0.15, 0.2) is 23.5 Å². The third-order valence-corrected chi connectivity index (χ3v) is 10.5. The van der Waals surface area contributed by atoms with E-state index in [1.807, 2.05) is 6.92 Å². The molecule has 6 unspecified atom stereocenters. The van der Waals surface area contributed by atoms with E-state index < -0.39 is 87.3 Å². The van der Waals surface area contributed by atoms with Crippen LogP contribution in [0, 0.1) is 57.7 Å². The van der Waals surface area contributed by atoms with Crippen molar-refractivity contribution in [2.45, 2.75) is 82.9 Å². The summed E-state index contributed by atoms with van der Waals surface area (Å²) in [4.78, 5) is 24.5. The van der Waals surface area contributed by atoms with Crippen molar-refractivity contribution in [3.63, 3.8) is 0 Å². The minimum Gasteiger partial charge on any atom is -0.458 e. The van der Waals surface area contributed by atoms with Crippen LogP contribution in [-0.4, -0.2) is 36.1 Å². The molecule has 46 heavy (non-hydrogen) atoms. The Kier molecular flexibility index (Phi) is 8.11. The molecule has 1 aromatic carbocycles. The van der Waals surface area contributed by atoms with Gasteiger partial charge in [-0.05, 0) is 73.3 Å². The van der Waals surface area contributed by atoms with E-state index in [0.29, 0.717) is 31.3 Å². The number of esters is 2. The number of ether oxygens (including phenoxy) is 2. The second kappa shape index (κ2) is 10.9. The van der Waals surface area contributed by atoms with Gasteiger partial charge in [0, 0.05) is 11.8 Å². The molecule has 0 saturated heterocycles. The predicted molar refractivity (Wildman–Crippen MR) is 133 cm³/mol. The summed E-state index contributed by atoms with van der Waals surface area (Å²) in [6.07, 6.45) is -2.80. The summed E-state index contributed by atoms with van der Waals surface area (Å²) in [5, 5.41) is 0. The highest BCUT2D eigenvalue weighted by Crippen LogP contribution is 2.65. The summed E-state index contributed by atoms with van der Waals surface area (Å²) >= 11 is 0. The summed E-state index contributed by atoms with van der Waals surface area (Å²) < 4.78 is 171. The van der Waals surface area contributed by atoms with Gasteiger partial charge in [-0.15, -0.1) is 0 Å². The molecule has 0 amide bonds. The summed E-state index contributed by atoms with van der Waals surface area (Å²) in [6, 6.07) is 0. The molecule has 4 aliphatic carbocycles. The molecule has 0 N–H and O–H groups in total. The normalized spacial score (nSPS) is 31.3. The smallest absolute Gasteiger partial charge is 0.458 e. The van der Waals surface area contributed by atoms with Crippen LogP contribution >= 0.6 is 0 Å². The van der Waals surface area contributed by atoms with E-state index in [9.17, 15) is 62.3 Å². The number of benzene rings is 1. The maximum absolute atomic E-state index is 14.3. The van der Waals surface area contributed by atoms with Crippen LogP contribution in [0.1, 0.15) is 69.2 Å². The molecule has 0 heterocycles. The van der Waals surface area contributed by atoms with Gasteiger partial charge in [0.15, 0.2) is 23.3 Å². The summed E-state index contributed by atoms with van der Waals surface area (Å²) in [5.74, 6) is -30.0. The highest BCUT2D eigenvalue weighted by Gasteiger charge is 2.77. The number of allylic oxidation sites excluding steroid dienone is 4. The Morgan fingerprint density at radius 2 is 1.39 bits per heavy atom. The quantitative estimate of drug-likeness (QED) is 0.135. The Hall–Kier alpha value is -3.20. The fraction of sp³-hybridized carbons (Fsp3) is 0.600. The second-order valence-corrected chi connectivity index (χ2v) is 12.8. The number of rotatable bonds is 5. The Morgan fingerprint density at radius 1 is 0.804 bits per heavy atom. The van der Waals surface area contributed by atoms with Gasteiger partial charge in [-0.1, -0.05) is 19.9 Å². The fourth-order valence-corrected chi connectivity index (χ4v) is 7.99. The second-order valence-electron chi connectivity index (χ2n) is 12.8. The lowest BCUT2D eigenvalue weighted by atomic mass is 9.48. The molecule has 6 atom stereocenters. The first-order valence-corrected chi connectivity index (χ1v) is 14.3. The molecular weight excluding hydrogens is 652 g/mol. The number of hydrogen-bond acceptors (Lipinski definition) is 4. The van der Waals surface area contributed by atoms with Gasteiger partial charge < -0.3 is 9.47 Å². The molecule has 4 nitrogen and oxygen atoms in total. The Labute approximate surface area is 253 Å². The monoisotopic (exact) mass is 678 g/mol. The van der Waals surface area contributed by atoms with Gasteiger partial charge in [-0.25, -0.2) is 31.5 Å². The van der Waals surface area contributed by atoms with Gasteiger partial charge in [0.25, 0.3) is 0 Å². The molecule has 4 aliphatic rings. The van der Waals surface area contributed by atoms with Crippen molar-refractivity contribution in [3.8, 4) is 0 Å². The first-order chi connectivity index (χ1) is 21.1. The van der Waals surface area contributed by atoms with Gasteiger partial charge in [-0.3, -0.25) is 0 Å². The lowest BCUT2D eigenvalue weighted by molar-refractivity contribution is -0.347. The van der Waals surface area contributed by atoms with Crippen LogP contribution in [0.5, 0.6) is 0 Å². The molecule has 0 bridgehead atoms. The molecule has 0 aliphatic heterocycles. The van der Waals surface area contributed by atoms with Crippen molar-refractivity contribution in [2.24, 2.45) is 28.6 Å². The number of alkyl halides is 7. The number of hydrogen-bond donors (Lipinski definition) is 0. The van der Waals surface area contributed by atoms with Crippen molar-refractivity contribution in [1.29, 1.82) is 0 Å². The molecular formula is C30H26F12O4. The largest absolute Gasteiger partial charge is 0.460 e. The summed E-state index contributed by atoms with van der Waals surface area (Å²) in [7, 11) is 0. The van der Waals surface area contributed by atoms with Gasteiger partial charge >= 0.3 is 30.0 Å². The molecule has 5 rings (SSSR count). The number of carbonyl (C=O) groups is 2. The minimum absolute atomic E-state index is 0.0716. The third kappa shape index (κ3) is 4.90. The predicted octanol–water partition coefficient (Wildman–Crippen LogP) is 8.74. The molecule has 0 aromatic heterocycles. The topological polar surface area (TPSA) is 52.6 Å². The van der Waals surface area contributed by atoms with Gasteiger partial charge in [0.2, 0.25) is 5.82 Å². The van der Waals surface area contributed by atoms with E-state index in [0.717, 1.165) is 0 Å². The fourth-order valence-electron chi connectivity index (χ4n) is 7.99. The van der Waals surface area contributed by atoms with Gasteiger partial charge in [0.05, 0.1) is 0 Å². The third-order valence-electron chi connectivity index (χ3n) is 10.5.